The van der Waals surface area contributed by atoms with Crippen molar-refractivity contribution in [1.82, 2.24) is 4.72 Å². The predicted octanol–water partition coefficient (Wildman–Crippen LogP) is 1.41. The van der Waals surface area contributed by atoms with E-state index in [0.29, 0.717) is 4.88 Å². The molecule has 1 aromatic heterocycles. The highest BCUT2D eigenvalue weighted by Gasteiger charge is 2.17. The van der Waals surface area contributed by atoms with Crippen molar-refractivity contribution in [2.24, 2.45) is 0 Å². The van der Waals surface area contributed by atoms with Crippen LogP contribution in [0.1, 0.15) is 4.88 Å². The number of carboxylic acid groups (broad SMARTS) is 1. The summed E-state index contributed by atoms with van der Waals surface area (Å²) in [4.78, 5) is 10.9. The first-order valence-corrected chi connectivity index (χ1v) is 7.12. The van der Waals surface area contributed by atoms with Crippen molar-refractivity contribution < 1.29 is 18.3 Å². The first kappa shape index (κ1) is 14.2. The van der Waals surface area contributed by atoms with Crippen LogP contribution in [-0.2, 0) is 21.2 Å². The van der Waals surface area contributed by atoms with Gasteiger partial charge in [0.15, 0.2) is 0 Å². The van der Waals surface area contributed by atoms with E-state index in [9.17, 15) is 13.2 Å². The number of carbonyl (C=O) groups is 1. The third-order valence-electron chi connectivity index (χ3n) is 1.68. The average molecular weight is 296 g/mol. The number of carboxylic acids is 1. The quantitative estimate of drug-likeness (QED) is 0.831. The summed E-state index contributed by atoms with van der Waals surface area (Å²) in [5.41, 5.74) is 0. The van der Waals surface area contributed by atoms with Crippen LogP contribution in [0.25, 0.3) is 0 Å². The van der Waals surface area contributed by atoms with Gasteiger partial charge in [0.1, 0.15) is 4.21 Å². The van der Waals surface area contributed by atoms with Crippen LogP contribution in [0.3, 0.4) is 0 Å². The van der Waals surface area contributed by atoms with E-state index in [1.165, 1.54) is 12.1 Å². The van der Waals surface area contributed by atoms with E-state index in [-0.39, 0.29) is 22.2 Å². The molecule has 1 rings (SSSR count). The number of hydrogen-bond acceptors (Lipinski definition) is 4. The van der Waals surface area contributed by atoms with Crippen LogP contribution < -0.4 is 4.72 Å². The number of sulfonamides is 1. The van der Waals surface area contributed by atoms with Crippen LogP contribution in [0.4, 0.5) is 0 Å². The lowest BCUT2D eigenvalue weighted by molar-refractivity contribution is -0.136. The van der Waals surface area contributed by atoms with E-state index in [0.717, 1.165) is 11.3 Å². The molecule has 0 aliphatic heterocycles. The van der Waals surface area contributed by atoms with Crippen LogP contribution in [0.5, 0.6) is 0 Å². The second-order valence-corrected chi connectivity index (χ2v) is 6.83. The summed E-state index contributed by atoms with van der Waals surface area (Å²) in [6.45, 7) is 3.30. The topological polar surface area (TPSA) is 83.5 Å². The first-order chi connectivity index (χ1) is 7.81. The lowest BCUT2D eigenvalue weighted by Crippen LogP contribution is -2.23. The molecule has 0 saturated carbocycles. The standard InChI is InChI=1S/C9H10ClNO4S2/c1-6(10)5-11-17(14,15)9-3-2-7(16-9)4-8(12)13/h2-3,11H,1,4-5H2,(H,12,13). The SMILES string of the molecule is C=C(Cl)CNS(=O)(=O)c1ccc(CC(=O)O)s1. The maximum absolute atomic E-state index is 11.7. The van der Waals surface area contributed by atoms with Gasteiger partial charge in [-0.05, 0) is 12.1 Å². The van der Waals surface area contributed by atoms with Gasteiger partial charge < -0.3 is 5.11 Å². The van der Waals surface area contributed by atoms with Crippen LogP contribution in [0.15, 0.2) is 28.0 Å². The monoisotopic (exact) mass is 295 g/mol. The molecule has 2 N–H and O–H groups in total. The van der Waals surface area contributed by atoms with Gasteiger partial charge in [-0.2, -0.15) is 0 Å². The zero-order valence-electron chi connectivity index (χ0n) is 8.64. The largest absolute Gasteiger partial charge is 0.481 e. The molecule has 1 aromatic rings. The number of rotatable bonds is 6. The van der Waals surface area contributed by atoms with Gasteiger partial charge in [0, 0.05) is 16.5 Å². The molecule has 0 unspecified atom stereocenters. The molecule has 0 atom stereocenters. The lowest BCUT2D eigenvalue weighted by Gasteiger charge is -2.02. The second kappa shape index (κ2) is 5.63. The summed E-state index contributed by atoms with van der Waals surface area (Å²) in [6, 6.07) is 2.84. The maximum atomic E-state index is 11.7. The third kappa shape index (κ3) is 4.47. The van der Waals surface area contributed by atoms with Gasteiger partial charge >= 0.3 is 5.97 Å². The molecule has 0 amide bonds. The third-order valence-corrected chi connectivity index (χ3v) is 4.79. The molecule has 0 radical (unpaired) electrons. The Hall–Kier alpha value is -0.890. The van der Waals surface area contributed by atoms with E-state index in [2.05, 4.69) is 11.3 Å². The van der Waals surface area contributed by atoms with Crippen LogP contribution in [0, 0.1) is 0 Å². The molecule has 17 heavy (non-hydrogen) atoms. The van der Waals surface area contributed by atoms with Crippen LogP contribution in [0.2, 0.25) is 0 Å². The smallest absolute Gasteiger partial charge is 0.308 e. The fraction of sp³-hybridized carbons (Fsp3) is 0.222. The Bertz CT molecular complexity index is 535. The minimum Gasteiger partial charge on any atom is -0.481 e. The molecule has 0 bridgehead atoms. The van der Waals surface area contributed by atoms with Crippen molar-refractivity contribution in [2.75, 3.05) is 6.54 Å². The van der Waals surface area contributed by atoms with Crippen molar-refractivity contribution >= 4 is 38.9 Å². The van der Waals surface area contributed by atoms with Gasteiger partial charge in [-0.3, -0.25) is 4.79 Å². The van der Waals surface area contributed by atoms with Crippen molar-refractivity contribution in [2.45, 2.75) is 10.6 Å². The summed E-state index contributed by atoms with van der Waals surface area (Å²) in [7, 11) is -3.64. The fourth-order valence-electron chi connectivity index (χ4n) is 0.991. The Morgan fingerprint density at radius 3 is 2.71 bits per heavy atom. The first-order valence-electron chi connectivity index (χ1n) is 4.44. The summed E-state index contributed by atoms with van der Waals surface area (Å²) in [5.74, 6) is -1.00. The molecule has 0 saturated heterocycles. The fourth-order valence-corrected chi connectivity index (χ4v) is 3.55. The highest BCUT2D eigenvalue weighted by molar-refractivity contribution is 7.91. The summed E-state index contributed by atoms with van der Waals surface area (Å²) >= 11 is 6.37. The molecule has 1 heterocycles. The zero-order chi connectivity index (χ0) is 13.1. The number of thiophene rings is 1. The Morgan fingerprint density at radius 1 is 1.53 bits per heavy atom. The van der Waals surface area contributed by atoms with Gasteiger partial charge in [0.05, 0.1) is 6.42 Å². The molecule has 5 nitrogen and oxygen atoms in total. The minimum atomic E-state index is -3.64. The molecule has 8 heteroatoms. The number of halogens is 1. The Morgan fingerprint density at radius 2 is 2.18 bits per heavy atom. The van der Waals surface area contributed by atoms with Crippen molar-refractivity contribution in [1.29, 1.82) is 0 Å². The minimum absolute atomic E-state index is 0.0595. The molecular formula is C9H10ClNO4S2. The zero-order valence-corrected chi connectivity index (χ0v) is 11.0. The maximum Gasteiger partial charge on any atom is 0.308 e. The summed E-state index contributed by atoms with van der Waals surface area (Å²) in [5, 5.41) is 8.74. The Balaban J connectivity index is 2.81. The van der Waals surface area contributed by atoms with Crippen molar-refractivity contribution in [3.05, 3.63) is 28.6 Å². The van der Waals surface area contributed by atoms with E-state index in [1.54, 1.807) is 0 Å². The highest BCUT2D eigenvalue weighted by Crippen LogP contribution is 2.21. The second-order valence-electron chi connectivity index (χ2n) is 3.13. The number of nitrogens with one attached hydrogen (secondary N) is 1. The molecular weight excluding hydrogens is 286 g/mol. The Kier molecular flexibility index (Phi) is 4.70. The van der Waals surface area contributed by atoms with Crippen LogP contribution in [-0.4, -0.2) is 26.0 Å². The van der Waals surface area contributed by atoms with E-state index in [1.807, 2.05) is 0 Å². The van der Waals surface area contributed by atoms with Gasteiger partial charge in [-0.15, -0.1) is 11.3 Å². The van der Waals surface area contributed by atoms with Crippen LogP contribution >= 0.6 is 22.9 Å². The molecule has 94 valence electrons. The highest BCUT2D eigenvalue weighted by atomic mass is 35.5. The lowest BCUT2D eigenvalue weighted by atomic mass is 10.3. The van der Waals surface area contributed by atoms with E-state index >= 15 is 0 Å². The number of aliphatic carboxylic acids is 1. The predicted molar refractivity (Wildman–Crippen MR) is 65.8 cm³/mol. The van der Waals surface area contributed by atoms with Gasteiger partial charge in [-0.1, -0.05) is 18.2 Å². The van der Waals surface area contributed by atoms with E-state index < -0.39 is 16.0 Å². The molecule has 0 fully saturated rings. The summed E-state index contributed by atoms with van der Waals surface area (Å²) in [6.07, 6.45) is -0.192. The molecule has 0 aliphatic rings. The number of hydrogen-bond donors (Lipinski definition) is 2. The van der Waals surface area contributed by atoms with Crippen molar-refractivity contribution in [3.63, 3.8) is 0 Å². The van der Waals surface area contributed by atoms with E-state index in [4.69, 9.17) is 16.7 Å². The normalized spacial score (nSPS) is 11.4. The van der Waals surface area contributed by atoms with Gasteiger partial charge in [0.25, 0.3) is 0 Å². The van der Waals surface area contributed by atoms with Gasteiger partial charge in [0.2, 0.25) is 10.0 Å². The van der Waals surface area contributed by atoms with Crippen molar-refractivity contribution in [3.8, 4) is 0 Å². The van der Waals surface area contributed by atoms with Gasteiger partial charge in [-0.25, -0.2) is 13.1 Å². The summed E-state index contributed by atoms with van der Waals surface area (Å²) < 4.78 is 25.7. The molecule has 0 spiro atoms. The Labute approximate surface area is 108 Å². The molecule has 0 aromatic carbocycles. The average Bonchev–Trinajstić information content (AvgIpc) is 2.63. The molecule has 0 aliphatic carbocycles.